The number of halogens is 1. The maximum atomic E-state index is 12.3. The van der Waals surface area contributed by atoms with E-state index >= 15 is 0 Å². The Morgan fingerprint density at radius 1 is 1.17 bits per heavy atom. The van der Waals surface area contributed by atoms with Gasteiger partial charge in [-0.05, 0) is 47.3 Å². The van der Waals surface area contributed by atoms with Gasteiger partial charge in [0.05, 0.1) is 0 Å². The van der Waals surface area contributed by atoms with Gasteiger partial charge < -0.3 is 15.2 Å². The summed E-state index contributed by atoms with van der Waals surface area (Å²) in [6, 6.07) is 16.2. The Morgan fingerprint density at radius 3 is 2.65 bits per heavy atom. The molecule has 1 heterocycles. The van der Waals surface area contributed by atoms with Gasteiger partial charge in [0.2, 0.25) is 0 Å². The van der Waals surface area contributed by atoms with Crippen LogP contribution in [0.1, 0.15) is 0 Å². The number of fused-ring (bicyclic) bond motifs is 1. The number of nitrogens with one attached hydrogen (secondary N) is 1. The summed E-state index contributed by atoms with van der Waals surface area (Å²) in [4.78, 5) is 1.18. The molecule has 0 saturated heterocycles. The van der Waals surface area contributed by atoms with Crippen molar-refractivity contribution in [3.8, 4) is 16.2 Å². The highest BCUT2D eigenvalue weighted by atomic mass is 32.1. The summed E-state index contributed by atoms with van der Waals surface area (Å²) >= 11 is 1.68. The highest BCUT2D eigenvalue weighted by Crippen LogP contribution is 2.35. The summed E-state index contributed by atoms with van der Waals surface area (Å²) in [5.41, 5.74) is 2.25. The monoisotopic (exact) mass is 331 g/mol. The Bertz CT molecular complexity index is 785. The van der Waals surface area contributed by atoms with E-state index in [9.17, 15) is 9.50 Å². The van der Waals surface area contributed by atoms with Crippen LogP contribution >= 0.6 is 11.3 Å². The fraction of sp³-hybridized carbons (Fsp3) is 0.222. The van der Waals surface area contributed by atoms with Crippen LogP contribution in [0, 0.1) is 0 Å². The molecule has 1 aromatic heterocycles. The third-order valence-corrected chi connectivity index (χ3v) is 4.72. The van der Waals surface area contributed by atoms with Gasteiger partial charge in [-0.1, -0.05) is 12.1 Å². The Hall–Kier alpha value is -2.11. The highest BCUT2D eigenvalue weighted by molar-refractivity contribution is 7.22. The molecule has 0 saturated carbocycles. The molecule has 2 N–H and O–H groups in total. The van der Waals surface area contributed by atoms with Crippen molar-refractivity contribution in [3.05, 3.63) is 48.5 Å². The molecular weight excluding hydrogens is 313 g/mol. The van der Waals surface area contributed by atoms with E-state index in [1.807, 2.05) is 37.4 Å². The van der Waals surface area contributed by atoms with Crippen LogP contribution < -0.4 is 10.1 Å². The minimum Gasteiger partial charge on any atom is -0.491 e. The van der Waals surface area contributed by atoms with E-state index in [1.165, 1.54) is 10.4 Å². The van der Waals surface area contributed by atoms with Crippen molar-refractivity contribution in [1.82, 2.24) is 0 Å². The number of aliphatic hydroxyl groups is 1. The average Bonchev–Trinajstić information content (AvgIpc) is 3.03. The zero-order valence-corrected chi connectivity index (χ0v) is 13.6. The lowest BCUT2D eigenvalue weighted by molar-refractivity contribution is 0.0842. The second-order valence-electron chi connectivity index (χ2n) is 5.26. The SMILES string of the molecule is CNc1ccc(-c2cc3ccc(OC[C@@H](O)CF)cc3s2)cc1. The van der Waals surface area contributed by atoms with Crippen molar-refractivity contribution in [3.63, 3.8) is 0 Å². The predicted octanol–water partition coefficient (Wildman–Crippen LogP) is 4.32. The molecule has 120 valence electrons. The van der Waals surface area contributed by atoms with Crippen LogP contribution in [0.4, 0.5) is 10.1 Å². The summed E-state index contributed by atoms with van der Waals surface area (Å²) in [5, 5.41) is 13.5. The molecule has 0 amide bonds. The van der Waals surface area contributed by atoms with E-state index in [4.69, 9.17) is 4.74 Å². The van der Waals surface area contributed by atoms with Crippen molar-refractivity contribution in [2.24, 2.45) is 0 Å². The van der Waals surface area contributed by atoms with Crippen LogP contribution in [-0.2, 0) is 0 Å². The Balaban J connectivity index is 1.83. The molecule has 0 radical (unpaired) electrons. The molecule has 23 heavy (non-hydrogen) atoms. The van der Waals surface area contributed by atoms with Crippen LogP contribution in [-0.4, -0.2) is 31.5 Å². The zero-order chi connectivity index (χ0) is 16.2. The van der Waals surface area contributed by atoms with Gasteiger partial charge in [-0.15, -0.1) is 11.3 Å². The third kappa shape index (κ3) is 3.63. The standard InChI is InChI=1S/C18H18FNO2S/c1-20-14-5-2-12(3-6-14)17-8-13-4-7-16(9-18(13)23-17)22-11-15(21)10-19/h2-9,15,20-21H,10-11H2,1H3/t15-/m0/s1. The number of ether oxygens (including phenoxy) is 1. The number of alkyl halides is 1. The normalized spacial score (nSPS) is 12.3. The number of benzene rings is 2. The number of aliphatic hydroxyl groups excluding tert-OH is 1. The summed E-state index contributed by atoms with van der Waals surface area (Å²) in [7, 11) is 1.90. The lowest BCUT2D eigenvalue weighted by Gasteiger charge is -2.08. The van der Waals surface area contributed by atoms with E-state index in [2.05, 4.69) is 23.5 Å². The Kier molecular flexibility index (Phi) is 4.79. The molecular formula is C18H18FNO2S. The van der Waals surface area contributed by atoms with E-state index in [0.717, 1.165) is 15.8 Å². The van der Waals surface area contributed by atoms with Gasteiger partial charge in [0.1, 0.15) is 25.1 Å². The van der Waals surface area contributed by atoms with E-state index < -0.39 is 12.8 Å². The van der Waals surface area contributed by atoms with Crippen molar-refractivity contribution < 1.29 is 14.2 Å². The number of rotatable bonds is 6. The van der Waals surface area contributed by atoms with E-state index in [0.29, 0.717) is 5.75 Å². The second kappa shape index (κ2) is 6.98. The Morgan fingerprint density at radius 2 is 1.96 bits per heavy atom. The summed E-state index contributed by atoms with van der Waals surface area (Å²) in [6.07, 6.45) is -1.07. The molecule has 0 fully saturated rings. The van der Waals surface area contributed by atoms with Crippen LogP contribution in [0.5, 0.6) is 5.75 Å². The molecule has 0 bridgehead atoms. The molecule has 0 unspecified atom stereocenters. The third-order valence-electron chi connectivity index (χ3n) is 3.57. The molecule has 0 aliphatic rings. The first-order valence-corrected chi connectivity index (χ1v) is 8.20. The predicted molar refractivity (Wildman–Crippen MR) is 94.3 cm³/mol. The van der Waals surface area contributed by atoms with Crippen LogP contribution in [0.2, 0.25) is 0 Å². The van der Waals surface area contributed by atoms with Crippen molar-refractivity contribution in [2.45, 2.75) is 6.10 Å². The largest absolute Gasteiger partial charge is 0.491 e. The molecule has 3 nitrogen and oxygen atoms in total. The quantitative estimate of drug-likeness (QED) is 0.707. The number of thiophene rings is 1. The van der Waals surface area contributed by atoms with Crippen LogP contribution in [0.3, 0.4) is 0 Å². The van der Waals surface area contributed by atoms with Gasteiger partial charge in [0.15, 0.2) is 0 Å². The van der Waals surface area contributed by atoms with Gasteiger partial charge >= 0.3 is 0 Å². The number of hydrogen-bond acceptors (Lipinski definition) is 4. The van der Waals surface area contributed by atoms with Crippen LogP contribution in [0.25, 0.3) is 20.5 Å². The van der Waals surface area contributed by atoms with Gasteiger partial charge in [0, 0.05) is 22.3 Å². The molecule has 3 rings (SSSR count). The van der Waals surface area contributed by atoms with E-state index in [-0.39, 0.29) is 6.61 Å². The maximum absolute atomic E-state index is 12.3. The van der Waals surface area contributed by atoms with Gasteiger partial charge in [-0.3, -0.25) is 0 Å². The zero-order valence-electron chi connectivity index (χ0n) is 12.8. The molecule has 1 atom stereocenters. The van der Waals surface area contributed by atoms with Crippen molar-refractivity contribution in [2.75, 3.05) is 25.6 Å². The highest BCUT2D eigenvalue weighted by Gasteiger charge is 2.08. The summed E-state index contributed by atoms with van der Waals surface area (Å²) in [6.45, 7) is -0.834. The smallest absolute Gasteiger partial charge is 0.120 e. The molecule has 0 aliphatic carbocycles. The lowest BCUT2D eigenvalue weighted by Crippen LogP contribution is -2.19. The first-order valence-electron chi connectivity index (χ1n) is 7.38. The first kappa shape index (κ1) is 15.8. The van der Waals surface area contributed by atoms with Gasteiger partial charge in [-0.25, -0.2) is 4.39 Å². The molecule has 3 aromatic rings. The summed E-state index contributed by atoms with van der Waals surface area (Å²) in [5.74, 6) is 0.643. The summed E-state index contributed by atoms with van der Waals surface area (Å²) < 4.78 is 18.8. The topological polar surface area (TPSA) is 41.5 Å². The first-order chi connectivity index (χ1) is 11.2. The minimum atomic E-state index is -1.07. The van der Waals surface area contributed by atoms with Gasteiger partial charge in [-0.2, -0.15) is 0 Å². The van der Waals surface area contributed by atoms with Crippen molar-refractivity contribution >= 4 is 27.1 Å². The molecule has 2 aromatic carbocycles. The maximum Gasteiger partial charge on any atom is 0.120 e. The number of anilines is 1. The van der Waals surface area contributed by atoms with Crippen molar-refractivity contribution in [1.29, 1.82) is 0 Å². The second-order valence-corrected chi connectivity index (χ2v) is 6.34. The number of hydrogen-bond donors (Lipinski definition) is 2. The van der Waals surface area contributed by atoms with Crippen LogP contribution in [0.15, 0.2) is 48.5 Å². The average molecular weight is 331 g/mol. The fourth-order valence-electron chi connectivity index (χ4n) is 2.28. The molecule has 0 spiro atoms. The fourth-order valence-corrected chi connectivity index (χ4v) is 3.38. The molecule has 0 aliphatic heterocycles. The lowest BCUT2D eigenvalue weighted by atomic mass is 10.1. The minimum absolute atomic E-state index is 0.0360. The molecule has 5 heteroatoms. The van der Waals surface area contributed by atoms with Gasteiger partial charge in [0.25, 0.3) is 0 Å². The Labute approximate surface area is 138 Å². The van der Waals surface area contributed by atoms with E-state index in [1.54, 1.807) is 11.3 Å².